The third-order valence-electron chi connectivity index (χ3n) is 2.57. The van der Waals surface area contributed by atoms with Gasteiger partial charge in [0.05, 0.1) is 11.3 Å². The van der Waals surface area contributed by atoms with Crippen molar-refractivity contribution in [1.29, 1.82) is 0 Å². The zero-order chi connectivity index (χ0) is 13.2. The van der Waals surface area contributed by atoms with E-state index in [0.717, 1.165) is 11.6 Å². The van der Waals surface area contributed by atoms with Crippen LogP contribution in [0.2, 0.25) is 0 Å². The van der Waals surface area contributed by atoms with Gasteiger partial charge in [-0.25, -0.2) is 0 Å². The first-order chi connectivity index (χ1) is 8.52. The summed E-state index contributed by atoms with van der Waals surface area (Å²) in [6.07, 6.45) is -2.90. The topological polar surface area (TPSA) is 38.9 Å². The van der Waals surface area contributed by atoms with Gasteiger partial charge in [-0.15, -0.1) is 0 Å². The molecule has 0 atom stereocenters. The highest BCUT2D eigenvalue weighted by Crippen LogP contribution is 2.36. The molecule has 18 heavy (non-hydrogen) atoms. The molecule has 0 saturated carbocycles. The molecule has 5 heteroatoms. The molecule has 1 aromatic heterocycles. The minimum atomic E-state index is -4.38. The van der Waals surface area contributed by atoms with Crippen LogP contribution < -0.4 is 5.73 Å². The minimum absolute atomic E-state index is 0.0774. The predicted octanol–water partition coefficient (Wildman–Crippen LogP) is 3.23. The Labute approximate surface area is 102 Å². The molecule has 2 rings (SSSR count). The zero-order valence-corrected chi connectivity index (χ0v) is 9.41. The van der Waals surface area contributed by atoms with Crippen molar-refractivity contribution in [1.82, 2.24) is 4.98 Å². The van der Waals surface area contributed by atoms with Gasteiger partial charge in [-0.2, -0.15) is 13.2 Å². The highest BCUT2D eigenvalue weighted by molar-refractivity contribution is 5.64. The normalized spacial score (nSPS) is 11.6. The predicted molar refractivity (Wildman–Crippen MR) is 62.6 cm³/mol. The van der Waals surface area contributed by atoms with Crippen LogP contribution >= 0.6 is 0 Å². The first-order valence-electron chi connectivity index (χ1n) is 5.34. The van der Waals surface area contributed by atoms with Crippen LogP contribution in [0.25, 0.3) is 11.3 Å². The number of nitrogens with zero attached hydrogens (tertiary/aromatic N) is 1. The van der Waals surface area contributed by atoms with E-state index in [1.807, 2.05) is 0 Å². The molecule has 0 saturated heterocycles. The van der Waals surface area contributed by atoms with Crippen molar-refractivity contribution in [2.24, 2.45) is 5.73 Å². The molecule has 0 amide bonds. The van der Waals surface area contributed by atoms with Gasteiger partial charge >= 0.3 is 6.18 Å². The van der Waals surface area contributed by atoms with E-state index in [4.69, 9.17) is 5.73 Å². The monoisotopic (exact) mass is 252 g/mol. The Morgan fingerprint density at radius 1 is 1.06 bits per heavy atom. The summed E-state index contributed by atoms with van der Waals surface area (Å²) in [7, 11) is 0. The summed E-state index contributed by atoms with van der Waals surface area (Å²) in [5.41, 5.74) is 5.89. The lowest BCUT2D eigenvalue weighted by Gasteiger charge is -2.12. The maximum Gasteiger partial charge on any atom is 0.417 e. The van der Waals surface area contributed by atoms with Crippen LogP contribution in [0.3, 0.4) is 0 Å². The lowest BCUT2D eigenvalue weighted by Crippen LogP contribution is -2.07. The number of aromatic nitrogens is 1. The van der Waals surface area contributed by atoms with E-state index in [1.54, 1.807) is 18.2 Å². The lowest BCUT2D eigenvalue weighted by molar-refractivity contribution is -0.137. The van der Waals surface area contributed by atoms with E-state index in [9.17, 15) is 13.2 Å². The van der Waals surface area contributed by atoms with E-state index >= 15 is 0 Å². The number of benzene rings is 1. The smallest absolute Gasteiger partial charge is 0.326 e. The molecular formula is C13H11F3N2. The van der Waals surface area contributed by atoms with Crippen molar-refractivity contribution in [2.75, 3.05) is 0 Å². The Hall–Kier alpha value is -1.88. The van der Waals surface area contributed by atoms with Gasteiger partial charge in [-0.3, -0.25) is 4.98 Å². The number of hydrogen-bond donors (Lipinski definition) is 1. The van der Waals surface area contributed by atoms with Crippen molar-refractivity contribution in [2.45, 2.75) is 12.7 Å². The first kappa shape index (κ1) is 12.6. The van der Waals surface area contributed by atoms with Gasteiger partial charge in [0.25, 0.3) is 0 Å². The van der Waals surface area contributed by atoms with Gasteiger partial charge in [0.1, 0.15) is 0 Å². The van der Waals surface area contributed by atoms with Crippen LogP contribution in [-0.2, 0) is 12.7 Å². The van der Waals surface area contributed by atoms with Gasteiger partial charge in [0, 0.05) is 18.3 Å². The van der Waals surface area contributed by atoms with E-state index in [-0.39, 0.29) is 5.56 Å². The second kappa shape index (κ2) is 4.78. The Morgan fingerprint density at radius 3 is 2.33 bits per heavy atom. The summed E-state index contributed by atoms with van der Waals surface area (Å²) in [6, 6.07) is 8.60. The van der Waals surface area contributed by atoms with Crippen molar-refractivity contribution in [3.63, 3.8) is 0 Å². The summed E-state index contributed by atoms with van der Waals surface area (Å²) >= 11 is 0. The summed E-state index contributed by atoms with van der Waals surface area (Å²) < 4.78 is 38.5. The van der Waals surface area contributed by atoms with Crippen molar-refractivity contribution in [3.8, 4) is 11.3 Å². The quantitative estimate of drug-likeness (QED) is 0.891. The molecule has 0 unspecified atom stereocenters. The second-order valence-corrected chi connectivity index (χ2v) is 3.80. The summed E-state index contributed by atoms with van der Waals surface area (Å²) in [4.78, 5) is 4.01. The number of alkyl halides is 3. The average molecular weight is 252 g/mol. The number of hydrogen-bond acceptors (Lipinski definition) is 2. The lowest BCUT2D eigenvalue weighted by atomic mass is 10.0. The summed E-state index contributed by atoms with van der Waals surface area (Å²) in [5.74, 6) is 0. The molecule has 0 spiro atoms. The maximum atomic E-state index is 12.8. The van der Waals surface area contributed by atoms with Crippen LogP contribution in [-0.4, -0.2) is 4.98 Å². The van der Waals surface area contributed by atoms with E-state index in [1.165, 1.54) is 18.3 Å². The maximum absolute atomic E-state index is 12.8. The molecular weight excluding hydrogens is 241 g/mol. The summed E-state index contributed by atoms with van der Waals surface area (Å²) in [5, 5.41) is 0. The molecule has 0 aliphatic rings. The average Bonchev–Trinajstić information content (AvgIpc) is 2.38. The SMILES string of the molecule is NCc1ccc(-c2ccccc2C(F)(F)F)nc1. The van der Waals surface area contributed by atoms with Gasteiger partial charge in [0.2, 0.25) is 0 Å². The number of nitrogens with two attached hydrogens (primary N) is 1. The van der Waals surface area contributed by atoms with Crippen LogP contribution in [0.1, 0.15) is 11.1 Å². The fraction of sp³-hybridized carbons (Fsp3) is 0.154. The minimum Gasteiger partial charge on any atom is -0.326 e. The first-order valence-corrected chi connectivity index (χ1v) is 5.34. The van der Waals surface area contributed by atoms with Gasteiger partial charge in [0.15, 0.2) is 0 Å². The van der Waals surface area contributed by atoms with Crippen LogP contribution in [0, 0.1) is 0 Å². The van der Waals surface area contributed by atoms with E-state index in [2.05, 4.69) is 4.98 Å². The van der Waals surface area contributed by atoms with Crippen LogP contribution in [0.5, 0.6) is 0 Å². The molecule has 94 valence electrons. The van der Waals surface area contributed by atoms with Gasteiger partial charge < -0.3 is 5.73 Å². The largest absolute Gasteiger partial charge is 0.417 e. The molecule has 2 aromatic rings. The zero-order valence-electron chi connectivity index (χ0n) is 9.41. The van der Waals surface area contributed by atoms with Crippen molar-refractivity contribution in [3.05, 3.63) is 53.7 Å². The Kier molecular flexibility index (Phi) is 3.34. The van der Waals surface area contributed by atoms with Crippen LogP contribution in [0.4, 0.5) is 13.2 Å². The molecule has 0 bridgehead atoms. The number of pyridine rings is 1. The number of halogens is 3. The van der Waals surface area contributed by atoms with Gasteiger partial charge in [-0.05, 0) is 17.7 Å². The van der Waals surface area contributed by atoms with Crippen molar-refractivity contribution < 1.29 is 13.2 Å². The molecule has 2 N–H and O–H groups in total. The highest BCUT2D eigenvalue weighted by atomic mass is 19.4. The summed E-state index contributed by atoms with van der Waals surface area (Å²) in [6.45, 7) is 0.314. The Balaban J connectivity index is 2.50. The highest BCUT2D eigenvalue weighted by Gasteiger charge is 2.33. The molecule has 1 aromatic carbocycles. The van der Waals surface area contributed by atoms with Gasteiger partial charge in [-0.1, -0.05) is 24.3 Å². The third kappa shape index (κ3) is 2.51. The molecule has 0 aliphatic heterocycles. The second-order valence-electron chi connectivity index (χ2n) is 3.80. The Morgan fingerprint density at radius 2 is 1.78 bits per heavy atom. The molecule has 0 fully saturated rings. The molecule has 1 heterocycles. The van der Waals surface area contributed by atoms with E-state index in [0.29, 0.717) is 12.2 Å². The van der Waals surface area contributed by atoms with Crippen LogP contribution in [0.15, 0.2) is 42.6 Å². The molecule has 2 nitrogen and oxygen atoms in total. The van der Waals surface area contributed by atoms with Crippen molar-refractivity contribution >= 4 is 0 Å². The molecule has 0 radical (unpaired) electrons. The Bertz CT molecular complexity index is 533. The fourth-order valence-corrected chi connectivity index (χ4v) is 1.66. The van der Waals surface area contributed by atoms with E-state index < -0.39 is 11.7 Å². The molecule has 0 aliphatic carbocycles. The standard InChI is InChI=1S/C13H11F3N2/c14-13(15,16)11-4-2-1-3-10(11)12-6-5-9(7-17)8-18-12/h1-6,8H,7,17H2. The fourth-order valence-electron chi connectivity index (χ4n) is 1.66. The third-order valence-corrected chi connectivity index (χ3v) is 2.57. The number of rotatable bonds is 2.